The number of nitrogens with zero attached hydrogens (tertiary/aromatic N) is 6. The Morgan fingerprint density at radius 2 is 2.09 bits per heavy atom. The summed E-state index contributed by atoms with van der Waals surface area (Å²) in [6.07, 6.45) is 8.23. The third-order valence-electron chi connectivity index (χ3n) is 6.70. The molecule has 5 rings (SSSR count). The van der Waals surface area contributed by atoms with Gasteiger partial charge >= 0.3 is 0 Å². The molecule has 1 fully saturated rings. The molecule has 0 unspecified atom stereocenters. The van der Waals surface area contributed by atoms with E-state index in [-0.39, 0.29) is 5.88 Å². The van der Waals surface area contributed by atoms with Crippen molar-refractivity contribution in [2.75, 3.05) is 33.4 Å². The molecule has 2 aliphatic heterocycles. The smallest absolute Gasteiger partial charge is 0.250 e. The van der Waals surface area contributed by atoms with Gasteiger partial charge in [0.15, 0.2) is 5.82 Å². The van der Waals surface area contributed by atoms with Gasteiger partial charge < -0.3 is 14.4 Å². The van der Waals surface area contributed by atoms with Gasteiger partial charge in [-0.25, -0.2) is 14.1 Å². The SMILES string of the molecule is COc1ncc(-n2nc(-c3cnn(C[C@@H]4CCN(C(C)C)C4)c3)c3c2CCOCC3)cc1F. The zero-order valence-corrected chi connectivity index (χ0v) is 19.5. The average Bonchev–Trinajstić information content (AvgIpc) is 3.50. The second kappa shape index (κ2) is 9.23. The van der Waals surface area contributed by atoms with Gasteiger partial charge in [-0.2, -0.15) is 10.2 Å². The molecule has 1 atom stereocenters. The van der Waals surface area contributed by atoms with Gasteiger partial charge in [0.1, 0.15) is 0 Å². The Hall–Kier alpha value is -2.78. The third-order valence-corrected chi connectivity index (χ3v) is 6.70. The molecule has 3 aromatic rings. The molecule has 0 bridgehead atoms. The molecule has 5 heterocycles. The molecule has 0 aliphatic carbocycles. The van der Waals surface area contributed by atoms with Crippen LogP contribution < -0.4 is 4.74 Å². The fourth-order valence-corrected chi connectivity index (χ4v) is 4.91. The number of hydrogen-bond acceptors (Lipinski definition) is 6. The lowest BCUT2D eigenvalue weighted by molar-refractivity contribution is 0.145. The van der Waals surface area contributed by atoms with Crippen molar-refractivity contribution in [1.82, 2.24) is 29.4 Å². The van der Waals surface area contributed by atoms with E-state index in [2.05, 4.69) is 35.0 Å². The fourth-order valence-electron chi connectivity index (χ4n) is 4.91. The minimum atomic E-state index is -0.509. The van der Waals surface area contributed by atoms with E-state index in [9.17, 15) is 4.39 Å². The van der Waals surface area contributed by atoms with Crippen molar-refractivity contribution >= 4 is 0 Å². The first kappa shape index (κ1) is 22.0. The number of likely N-dealkylation sites (tertiary alicyclic amines) is 1. The van der Waals surface area contributed by atoms with Crippen LogP contribution in [0.15, 0.2) is 24.7 Å². The predicted molar refractivity (Wildman–Crippen MR) is 122 cm³/mol. The minimum absolute atomic E-state index is 0.0234. The summed E-state index contributed by atoms with van der Waals surface area (Å²) in [6, 6.07) is 2.00. The maximum atomic E-state index is 14.4. The van der Waals surface area contributed by atoms with Crippen molar-refractivity contribution in [2.24, 2.45) is 5.92 Å². The summed E-state index contributed by atoms with van der Waals surface area (Å²) in [5.41, 5.74) is 4.60. The molecule has 3 aromatic heterocycles. The number of ether oxygens (including phenoxy) is 2. The van der Waals surface area contributed by atoms with Gasteiger partial charge in [0, 0.05) is 48.9 Å². The maximum absolute atomic E-state index is 14.4. The van der Waals surface area contributed by atoms with E-state index in [0.717, 1.165) is 48.6 Å². The Morgan fingerprint density at radius 3 is 2.85 bits per heavy atom. The molecule has 0 amide bonds. The Morgan fingerprint density at radius 1 is 1.24 bits per heavy atom. The van der Waals surface area contributed by atoms with E-state index in [1.807, 2.05) is 10.9 Å². The van der Waals surface area contributed by atoms with E-state index in [0.29, 0.717) is 37.3 Å². The van der Waals surface area contributed by atoms with Gasteiger partial charge in [-0.3, -0.25) is 4.68 Å². The van der Waals surface area contributed by atoms with E-state index < -0.39 is 5.82 Å². The summed E-state index contributed by atoms with van der Waals surface area (Å²) >= 11 is 0. The highest BCUT2D eigenvalue weighted by Gasteiger charge is 2.26. The number of halogens is 1. The van der Waals surface area contributed by atoms with Crippen LogP contribution in [0.1, 0.15) is 31.5 Å². The highest BCUT2D eigenvalue weighted by molar-refractivity contribution is 5.64. The van der Waals surface area contributed by atoms with Crippen LogP contribution in [-0.4, -0.2) is 68.9 Å². The summed E-state index contributed by atoms with van der Waals surface area (Å²) < 4.78 is 28.9. The summed E-state index contributed by atoms with van der Waals surface area (Å²) in [6.45, 7) is 8.93. The maximum Gasteiger partial charge on any atom is 0.250 e. The minimum Gasteiger partial charge on any atom is -0.479 e. The number of methoxy groups -OCH3 is 1. The lowest BCUT2D eigenvalue weighted by atomic mass is 10.0. The number of fused-ring (bicyclic) bond motifs is 1. The van der Waals surface area contributed by atoms with E-state index in [1.165, 1.54) is 19.6 Å². The Balaban J connectivity index is 1.45. The van der Waals surface area contributed by atoms with Crippen LogP contribution in [0.25, 0.3) is 16.9 Å². The molecular formula is C24H31FN6O2. The highest BCUT2D eigenvalue weighted by atomic mass is 19.1. The number of pyridine rings is 1. The van der Waals surface area contributed by atoms with Crippen molar-refractivity contribution in [3.8, 4) is 22.8 Å². The predicted octanol–water partition coefficient (Wildman–Crippen LogP) is 3.12. The molecule has 33 heavy (non-hydrogen) atoms. The molecule has 176 valence electrons. The van der Waals surface area contributed by atoms with Crippen LogP contribution in [0.3, 0.4) is 0 Å². The normalized spacial score (nSPS) is 19.1. The quantitative estimate of drug-likeness (QED) is 0.570. The van der Waals surface area contributed by atoms with Crippen LogP contribution in [-0.2, 0) is 24.1 Å². The van der Waals surface area contributed by atoms with E-state index >= 15 is 0 Å². The van der Waals surface area contributed by atoms with Crippen LogP contribution in [0.5, 0.6) is 5.88 Å². The third kappa shape index (κ3) is 4.39. The lowest BCUT2D eigenvalue weighted by Crippen LogP contribution is -2.28. The molecular weight excluding hydrogens is 423 g/mol. The van der Waals surface area contributed by atoms with Crippen LogP contribution in [0.4, 0.5) is 4.39 Å². The summed E-state index contributed by atoms with van der Waals surface area (Å²) in [7, 11) is 1.41. The monoisotopic (exact) mass is 454 g/mol. The molecule has 0 saturated carbocycles. The number of rotatable bonds is 6. The molecule has 2 aliphatic rings. The van der Waals surface area contributed by atoms with Crippen molar-refractivity contribution in [3.05, 3.63) is 41.7 Å². The van der Waals surface area contributed by atoms with Crippen LogP contribution in [0, 0.1) is 11.7 Å². The van der Waals surface area contributed by atoms with Gasteiger partial charge in [0.05, 0.1) is 49.8 Å². The van der Waals surface area contributed by atoms with Crippen LogP contribution >= 0.6 is 0 Å². The van der Waals surface area contributed by atoms with Gasteiger partial charge in [0.25, 0.3) is 0 Å². The first-order valence-electron chi connectivity index (χ1n) is 11.7. The van der Waals surface area contributed by atoms with Crippen LogP contribution in [0.2, 0.25) is 0 Å². The summed E-state index contributed by atoms with van der Waals surface area (Å²) in [5.74, 6) is 0.0758. The Bertz CT molecular complexity index is 1120. The molecule has 0 N–H and O–H groups in total. The van der Waals surface area contributed by atoms with Gasteiger partial charge in [-0.05, 0) is 39.2 Å². The Labute approximate surface area is 193 Å². The zero-order valence-electron chi connectivity index (χ0n) is 19.5. The number of hydrogen-bond donors (Lipinski definition) is 0. The average molecular weight is 455 g/mol. The molecule has 8 nitrogen and oxygen atoms in total. The second-order valence-corrected chi connectivity index (χ2v) is 9.18. The fraction of sp³-hybridized carbons (Fsp3) is 0.542. The summed E-state index contributed by atoms with van der Waals surface area (Å²) in [5, 5.41) is 9.55. The highest BCUT2D eigenvalue weighted by Crippen LogP contribution is 2.31. The first-order chi connectivity index (χ1) is 16.0. The van der Waals surface area contributed by atoms with Crippen molar-refractivity contribution in [3.63, 3.8) is 0 Å². The van der Waals surface area contributed by atoms with Crippen molar-refractivity contribution in [2.45, 2.75) is 45.7 Å². The molecule has 0 aromatic carbocycles. The summed E-state index contributed by atoms with van der Waals surface area (Å²) in [4.78, 5) is 6.62. The Kier molecular flexibility index (Phi) is 6.16. The van der Waals surface area contributed by atoms with Crippen molar-refractivity contribution < 1.29 is 13.9 Å². The van der Waals surface area contributed by atoms with E-state index in [1.54, 1.807) is 10.9 Å². The number of aromatic nitrogens is 5. The first-order valence-corrected chi connectivity index (χ1v) is 11.7. The molecule has 0 radical (unpaired) electrons. The standard InChI is InChI=1S/C24H31FN6O2/c1-16(2)29-7-4-17(13-29)14-30-15-18(11-27-30)23-20-5-8-33-9-6-22(20)31(28-23)19-10-21(25)24(32-3)26-12-19/h10-12,15-17H,4-9,13-14H2,1-3H3/t17-/m1/s1. The van der Waals surface area contributed by atoms with Gasteiger partial charge in [-0.1, -0.05) is 0 Å². The molecule has 9 heteroatoms. The van der Waals surface area contributed by atoms with E-state index in [4.69, 9.17) is 14.6 Å². The van der Waals surface area contributed by atoms with Gasteiger partial charge in [-0.15, -0.1) is 0 Å². The molecule has 0 spiro atoms. The van der Waals surface area contributed by atoms with Crippen molar-refractivity contribution in [1.29, 1.82) is 0 Å². The topological polar surface area (TPSA) is 70.2 Å². The second-order valence-electron chi connectivity index (χ2n) is 9.18. The zero-order chi connectivity index (χ0) is 22.9. The lowest BCUT2D eigenvalue weighted by Gasteiger charge is -2.20. The van der Waals surface area contributed by atoms with Gasteiger partial charge in [0.2, 0.25) is 5.88 Å². The molecule has 1 saturated heterocycles. The largest absolute Gasteiger partial charge is 0.479 e.